The van der Waals surface area contributed by atoms with Crippen LogP contribution in [-0.4, -0.2) is 17.2 Å². The Bertz CT molecular complexity index is 556. The molecule has 4 N–H and O–H groups in total. The Labute approximate surface area is 92.3 Å². The normalized spacial score (nSPS) is 11.1. The summed E-state index contributed by atoms with van der Waals surface area (Å²) < 4.78 is 0. The van der Waals surface area contributed by atoms with Crippen LogP contribution in [0.4, 0.5) is 4.79 Å². The third kappa shape index (κ3) is 1.88. The standard InChI is InChI=1S/C11H12N4O/c1-7-9(6-13-15-11(12)16)8-4-2-3-5-10(8)14-7/h2-6,14H,1H3,(H3,12,15,16)/b13-6-. The number of hydrazone groups is 1. The Morgan fingerprint density at radius 2 is 2.25 bits per heavy atom. The first-order valence-electron chi connectivity index (χ1n) is 4.84. The predicted molar refractivity (Wildman–Crippen MR) is 63.3 cm³/mol. The minimum Gasteiger partial charge on any atom is -0.358 e. The van der Waals surface area contributed by atoms with Gasteiger partial charge < -0.3 is 10.7 Å². The maximum absolute atomic E-state index is 10.5. The van der Waals surface area contributed by atoms with E-state index >= 15 is 0 Å². The fourth-order valence-corrected chi connectivity index (χ4v) is 1.63. The van der Waals surface area contributed by atoms with Gasteiger partial charge in [-0.1, -0.05) is 18.2 Å². The molecule has 0 atom stereocenters. The summed E-state index contributed by atoms with van der Waals surface area (Å²) in [5, 5.41) is 4.82. The van der Waals surface area contributed by atoms with Gasteiger partial charge in [0.25, 0.3) is 0 Å². The lowest BCUT2D eigenvalue weighted by molar-refractivity contribution is 0.249. The number of nitrogens with two attached hydrogens (primary N) is 1. The number of nitrogens with zero attached hydrogens (tertiary/aromatic N) is 1. The minimum absolute atomic E-state index is 0.672. The number of aromatic amines is 1. The number of rotatable bonds is 2. The van der Waals surface area contributed by atoms with E-state index < -0.39 is 6.03 Å². The Morgan fingerprint density at radius 3 is 3.00 bits per heavy atom. The van der Waals surface area contributed by atoms with Crippen molar-refractivity contribution in [3.8, 4) is 0 Å². The average molecular weight is 216 g/mol. The monoisotopic (exact) mass is 216 g/mol. The molecule has 2 rings (SSSR count). The molecule has 16 heavy (non-hydrogen) atoms. The number of carbonyl (C=O) groups is 1. The van der Waals surface area contributed by atoms with E-state index in [9.17, 15) is 4.79 Å². The van der Waals surface area contributed by atoms with E-state index in [1.54, 1.807) is 6.21 Å². The van der Waals surface area contributed by atoms with E-state index in [-0.39, 0.29) is 0 Å². The van der Waals surface area contributed by atoms with Crippen molar-refractivity contribution in [3.05, 3.63) is 35.5 Å². The fourth-order valence-electron chi connectivity index (χ4n) is 1.63. The summed E-state index contributed by atoms with van der Waals surface area (Å²) in [4.78, 5) is 13.7. The molecule has 5 nitrogen and oxygen atoms in total. The van der Waals surface area contributed by atoms with Crippen molar-refractivity contribution in [1.82, 2.24) is 10.4 Å². The van der Waals surface area contributed by atoms with Crippen molar-refractivity contribution >= 4 is 23.1 Å². The zero-order valence-corrected chi connectivity index (χ0v) is 8.82. The van der Waals surface area contributed by atoms with Gasteiger partial charge in [-0.15, -0.1) is 0 Å². The molecule has 0 saturated carbocycles. The predicted octanol–water partition coefficient (Wildman–Crippen LogP) is 1.48. The van der Waals surface area contributed by atoms with Crippen LogP contribution in [0.2, 0.25) is 0 Å². The molecular weight excluding hydrogens is 204 g/mol. The Kier molecular flexibility index (Phi) is 2.59. The number of hydrogen-bond donors (Lipinski definition) is 3. The van der Waals surface area contributed by atoms with Gasteiger partial charge in [0.15, 0.2) is 0 Å². The Morgan fingerprint density at radius 1 is 1.50 bits per heavy atom. The van der Waals surface area contributed by atoms with Gasteiger partial charge in [0, 0.05) is 22.2 Å². The highest BCUT2D eigenvalue weighted by molar-refractivity contribution is 6.00. The summed E-state index contributed by atoms with van der Waals surface area (Å²) in [7, 11) is 0. The molecular formula is C11H12N4O. The number of hydrogen-bond acceptors (Lipinski definition) is 2. The molecule has 0 aliphatic heterocycles. The summed E-state index contributed by atoms with van der Waals surface area (Å²) in [5.74, 6) is 0. The number of aryl methyl sites for hydroxylation is 1. The number of amides is 2. The van der Waals surface area contributed by atoms with E-state index in [0.29, 0.717) is 0 Å². The molecule has 0 bridgehead atoms. The van der Waals surface area contributed by atoms with E-state index in [2.05, 4.69) is 15.5 Å². The van der Waals surface area contributed by atoms with Gasteiger partial charge in [-0.25, -0.2) is 10.2 Å². The number of benzene rings is 1. The lowest BCUT2D eigenvalue weighted by atomic mass is 10.1. The van der Waals surface area contributed by atoms with Crippen molar-refractivity contribution in [2.24, 2.45) is 10.8 Å². The molecule has 1 heterocycles. The fraction of sp³-hybridized carbons (Fsp3) is 0.0909. The van der Waals surface area contributed by atoms with Crippen LogP contribution in [0.1, 0.15) is 11.3 Å². The van der Waals surface area contributed by atoms with Gasteiger partial charge >= 0.3 is 6.03 Å². The summed E-state index contributed by atoms with van der Waals surface area (Å²) in [5.41, 5.74) is 10.1. The molecule has 2 amide bonds. The van der Waals surface area contributed by atoms with Crippen molar-refractivity contribution < 1.29 is 4.79 Å². The number of aromatic nitrogens is 1. The third-order valence-electron chi connectivity index (χ3n) is 2.31. The molecule has 2 aromatic rings. The molecule has 82 valence electrons. The van der Waals surface area contributed by atoms with Gasteiger partial charge in [0.2, 0.25) is 0 Å². The van der Waals surface area contributed by atoms with Crippen LogP contribution in [0.25, 0.3) is 10.9 Å². The highest BCUT2D eigenvalue weighted by atomic mass is 16.2. The van der Waals surface area contributed by atoms with Crippen molar-refractivity contribution in [1.29, 1.82) is 0 Å². The van der Waals surface area contributed by atoms with E-state index in [0.717, 1.165) is 22.2 Å². The van der Waals surface area contributed by atoms with E-state index in [1.807, 2.05) is 31.2 Å². The molecule has 0 aliphatic carbocycles. The van der Waals surface area contributed by atoms with Crippen LogP contribution < -0.4 is 11.2 Å². The SMILES string of the molecule is Cc1[nH]c2ccccc2c1/C=N\NC(N)=O. The van der Waals surface area contributed by atoms with Crippen LogP contribution in [0.3, 0.4) is 0 Å². The Balaban J connectivity index is 2.39. The van der Waals surface area contributed by atoms with Gasteiger partial charge in [-0.05, 0) is 13.0 Å². The summed E-state index contributed by atoms with van der Waals surface area (Å²) in [6.45, 7) is 1.95. The number of fused-ring (bicyclic) bond motifs is 1. The second kappa shape index (κ2) is 4.06. The van der Waals surface area contributed by atoms with Gasteiger partial charge in [-0.3, -0.25) is 0 Å². The zero-order valence-electron chi connectivity index (χ0n) is 8.82. The maximum atomic E-state index is 10.5. The first kappa shape index (κ1) is 10.2. The van der Waals surface area contributed by atoms with Gasteiger partial charge in [0.05, 0.1) is 6.21 Å². The first-order chi connectivity index (χ1) is 7.68. The van der Waals surface area contributed by atoms with Crippen LogP contribution in [0, 0.1) is 6.92 Å². The second-order valence-electron chi connectivity index (χ2n) is 3.44. The topological polar surface area (TPSA) is 83.3 Å². The highest BCUT2D eigenvalue weighted by Crippen LogP contribution is 2.19. The van der Waals surface area contributed by atoms with Crippen LogP contribution in [-0.2, 0) is 0 Å². The molecule has 1 aromatic heterocycles. The average Bonchev–Trinajstić information content (AvgIpc) is 2.55. The molecule has 0 radical (unpaired) electrons. The number of H-pyrrole nitrogens is 1. The quantitative estimate of drug-likeness (QED) is 0.515. The van der Waals surface area contributed by atoms with Crippen LogP contribution >= 0.6 is 0 Å². The largest absolute Gasteiger partial charge is 0.358 e. The number of carbonyl (C=O) groups excluding carboxylic acids is 1. The molecule has 5 heteroatoms. The molecule has 0 spiro atoms. The highest BCUT2D eigenvalue weighted by Gasteiger charge is 2.04. The molecule has 0 fully saturated rings. The van der Waals surface area contributed by atoms with Crippen molar-refractivity contribution in [2.45, 2.75) is 6.92 Å². The zero-order chi connectivity index (χ0) is 11.5. The summed E-state index contributed by atoms with van der Waals surface area (Å²) in [6, 6.07) is 7.22. The number of primary amides is 1. The molecule has 0 saturated heterocycles. The van der Waals surface area contributed by atoms with Gasteiger partial charge in [0.1, 0.15) is 0 Å². The lowest BCUT2D eigenvalue weighted by Gasteiger charge is -1.93. The van der Waals surface area contributed by atoms with Crippen molar-refractivity contribution in [3.63, 3.8) is 0 Å². The molecule has 0 unspecified atom stereocenters. The Hall–Kier alpha value is -2.30. The molecule has 1 aromatic carbocycles. The number of nitrogens with one attached hydrogen (secondary N) is 2. The number of urea groups is 1. The van der Waals surface area contributed by atoms with E-state index in [1.165, 1.54) is 0 Å². The van der Waals surface area contributed by atoms with Crippen LogP contribution in [0.15, 0.2) is 29.4 Å². The summed E-state index contributed by atoms with van der Waals surface area (Å²) >= 11 is 0. The maximum Gasteiger partial charge on any atom is 0.332 e. The smallest absolute Gasteiger partial charge is 0.332 e. The third-order valence-corrected chi connectivity index (χ3v) is 2.31. The van der Waals surface area contributed by atoms with Crippen molar-refractivity contribution in [2.75, 3.05) is 0 Å². The second-order valence-corrected chi connectivity index (χ2v) is 3.44. The van der Waals surface area contributed by atoms with E-state index in [4.69, 9.17) is 5.73 Å². The lowest BCUT2D eigenvalue weighted by Crippen LogP contribution is -2.24. The van der Waals surface area contributed by atoms with Crippen LogP contribution in [0.5, 0.6) is 0 Å². The van der Waals surface area contributed by atoms with Gasteiger partial charge in [-0.2, -0.15) is 5.10 Å². The first-order valence-corrected chi connectivity index (χ1v) is 4.84. The summed E-state index contributed by atoms with van der Waals surface area (Å²) in [6.07, 6.45) is 1.58. The molecule has 0 aliphatic rings. The number of para-hydroxylation sites is 1. The minimum atomic E-state index is -0.672.